The van der Waals surface area contributed by atoms with Gasteiger partial charge in [-0.05, 0) is 18.1 Å². The number of hydrogen-bond acceptors (Lipinski definition) is 2. The van der Waals surface area contributed by atoms with Crippen LogP contribution < -0.4 is 4.57 Å². The van der Waals surface area contributed by atoms with Gasteiger partial charge in [-0.25, -0.2) is 4.57 Å². The molecule has 1 N–H and O–H groups in total. The van der Waals surface area contributed by atoms with Crippen molar-refractivity contribution < 1.29 is 9.77 Å². The van der Waals surface area contributed by atoms with E-state index < -0.39 is 0 Å². The quantitative estimate of drug-likeness (QED) is 0.371. The lowest BCUT2D eigenvalue weighted by Gasteiger charge is -1.99. The summed E-state index contributed by atoms with van der Waals surface area (Å²) in [6.07, 6.45) is 7.61. The number of pyridine rings is 1. The van der Waals surface area contributed by atoms with E-state index in [-0.39, 0.29) is 0 Å². The number of aromatic nitrogens is 1. The maximum absolute atomic E-state index is 8.50. The lowest BCUT2D eigenvalue weighted by molar-refractivity contribution is -0.697. The zero-order chi connectivity index (χ0) is 12.6. The van der Waals surface area contributed by atoms with E-state index in [0.717, 1.165) is 24.9 Å². The number of aryl methyl sites for hydroxylation is 2. The Balaban J connectivity index is 1.88. The third kappa shape index (κ3) is 3.70. The molecule has 18 heavy (non-hydrogen) atoms. The SMILES string of the molecule is O/N=C\c1ccc[n+](CCCc2ccccc2)c1. The van der Waals surface area contributed by atoms with Crippen LogP contribution in [0.3, 0.4) is 0 Å². The van der Waals surface area contributed by atoms with Crippen molar-refractivity contribution in [1.82, 2.24) is 0 Å². The summed E-state index contributed by atoms with van der Waals surface area (Å²) in [4.78, 5) is 0. The first kappa shape index (κ1) is 12.3. The predicted octanol–water partition coefficient (Wildman–Crippen LogP) is 2.42. The molecule has 0 saturated heterocycles. The number of nitrogens with zero attached hydrogens (tertiary/aromatic N) is 2. The third-order valence-electron chi connectivity index (χ3n) is 2.81. The van der Waals surface area contributed by atoms with Crippen LogP contribution in [0.5, 0.6) is 0 Å². The van der Waals surface area contributed by atoms with Gasteiger partial charge in [0.05, 0.1) is 11.8 Å². The molecule has 0 saturated carbocycles. The van der Waals surface area contributed by atoms with Crippen LogP contribution in [0.2, 0.25) is 0 Å². The van der Waals surface area contributed by atoms with E-state index in [2.05, 4.69) is 34.0 Å². The van der Waals surface area contributed by atoms with Gasteiger partial charge >= 0.3 is 0 Å². The van der Waals surface area contributed by atoms with Gasteiger partial charge in [0.25, 0.3) is 0 Å². The van der Waals surface area contributed by atoms with Crippen molar-refractivity contribution in [3.05, 3.63) is 66.0 Å². The fourth-order valence-electron chi connectivity index (χ4n) is 1.93. The largest absolute Gasteiger partial charge is 0.411 e. The molecule has 0 aliphatic rings. The average Bonchev–Trinajstić information content (AvgIpc) is 2.41. The van der Waals surface area contributed by atoms with Gasteiger partial charge < -0.3 is 5.21 Å². The topological polar surface area (TPSA) is 36.5 Å². The highest BCUT2D eigenvalue weighted by molar-refractivity contribution is 5.77. The summed E-state index contributed by atoms with van der Waals surface area (Å²) in [5.41, 5.74) is 2.27. The standard InChI is InChI=1S/C15H16N2O/c18-16-12-15-9-5-11-17(13-15)10-4-8-14-6-2-1-3-7-14/h1-3,5-7,9,11-13H,4,8,10H2/p+1/b16-12-. The molecule has 0 unspecified atom stereocenters. The summed E-state index contributed by atoms with van der Waals surface area (Å²) in [5.74, 6) is 0. The first-order chi connectivity index (χ1) is 8.88. The van der Waals surface area contributed by atoms with Gasteiger partial charge in [0.15, 0.2) is 12.4 Å². The van der Waals surface area contributed by atoms with Crippen LogP contribution >= 0.6 is 0 Å². The number of hydrogen-bond donors (Lipinski definition) is 1. The highest BCUT2D eigenvalue weighted by Gasteiger charge is 2.01. The molecule has 0 fully saturated rings. The number of benzene rings is 1. The van der Waals surface area contributed by atoms with Crippen LogP contribution in [0.25, 0.3) is 0 Å². The Morgan fingerprint density at radius 3 is 2.72 bits per heavy atom. The van der Waals surface area contributed by atoms with Gasteiger partial charge in [-0.2, -0.15) is 0 Å². The van der Waals surface area contributed by atoms with E-state index in [4.69, 9.17) is 5.21 Å². The Kier molecular flexibility index (Phi) is 4.47. The van der Waals surface area contributed by atoms with Gasteiger partial charge in [-0.1, -0.05) is 35.5 Å². The lowest BCUT2D eigenvalue weighted by atomic mass is 10.1. The van der Waals surface area contributed by atoms with Crippen molar-refractivity contribution in [2.75, 3.05) is 0 Å². The van der Waals surface area contributed by atoms with Gasteiger partial charge in [-0.3, -0.25) is 0 Å². The number of rotatable bonds is 5. The van der Waals surface area contributed by atoms with Gasteiger partial charge in [0.2, 0.25) is 0 Å². The van der Waals surface area contributed by atoms with E-state index in [1.807, 2.05) is 30.6 Å². The minimum absolute atomic E-state index is 0.903. The molecule has 0 aliphatic heterocycles. The Bertz CT molecular complexity index is 509. The van der Waals surface area contributed by atoms with Crippen LogP contribution in [0, 0.1) is 0 Å². The highest BCUT2D eigenvalue weighted by atomic mass is 16.4. The van der Waals surface area contributed by atoms with Crippen LogP contribution in [0.1, 0.15) is 17.5 Å². The van der Waals surface area contributed by atoms with Gasteiger partial charge in [0, 0.05) is 12.5 Å². The van der Waals surface area contributed by atoms with Crippen LogP contribution in [0.15, 0.2) is 60.0 Å². The van der Waals surface area contributed by atoms with E-state index in [1.165, 1.54) is 11.8 Å². The second kappa shape index (κ2) is 6.55. The molecule has 2 aromatic rings. The normalized spacial score (nSPS) is 10.9. The van der Waals surface area contributed by atoms with Gasteiger partial charge in [-0.15, -0.1) is 0 Å². The van der Waals surface area contributed by atoms with Crippen molar-refractivity contribution in [1.29, 1.82) is 0 Å². The first-order valence-corrected chi connectivity index (χ1v) is 6.09. The Labute approximate surface area is 107 Å². The third-order valence-corrected chi connectivity index (χ3v) is 2.81. The molecular weight excluding hydrogens is 224 g/mol. The van der Waals surface area contributed by atoms with Crippen molar-refractivity contribution >= 4 is 6.21 Å². The fourth-order valence-corrected chi connectivity index (χ4v) is 1.93. The molecule has 1 heterocycles. The molecule has 0 aliphatic carbocycles. The van der Waals surface area contributed by atoms with E-state index in [9.17, 15) is 0 Å². The van der Waals surface area contributed by atoms with Crippen molar-refractivity contribution in [3.8, 4) is 0 Å². The first-order valence-electron chi connectivity index (χ1n) is 6.09. The summed E-state index contributed by atoms with van der Waals surface area (Å²) >= 11 is 0. The Morgan fingerprint density at radius 2 is 1.94 bits per heavy atom. The summed E-state index contributed by atoms with van der Waals surface area (Å²) in [6, 6.07) is 14.4. The van der Waals surface area contributed by atoms with Crippen LogP contribution in [0.4, 0.5) is 0 Å². The van der Waals surface area contributed by atoms with Crippen molar-refractivity contribution in [3.63, 3.8) is 0 Å². The molecule has 1 aromatic heterocycles. The Hall–Kier alpha value is -2.16. The second-order valence-corrected chi connectivity index (χ2v) is 4.21. The maximum Gasteiger partial charge on any atom is 0.177 e. The Morgan fingerprint density at radius 1 is 1.11 bits per heavy atom. The fraction of sp³-hybridized carbons (Fsp3) is 0.200. The minimum atomic E-state index is 0.903. The summed E-state index contributed by atoms with van der Waals surface area (Å²) in [5, 5.41) is 11.5. The van der Waals surface area contributed by atoms with E-state index in [1.54, 1.807) is 0 Å². The zero-order valence-corrected chi connectivity index (χ0v) is 10.2. The molecular formula is C15H17N2O+. The molecule has 1 aromatic carbocycles. The van der Waals surface area contributed by atoms with E-state index in [0.29, 0.717) is 0 Å². The molecule has 92 valence electrons. The molecule has 0 spiro atoms. The predicted molar refractivity (Wildman–Crippen MR) is 70.8 cm³/mol. The molecule has 0 radical (unpaired) electrons. The zero-order valence-electron chi connectivity index (χ0n) is 10.2. The highest BCUT2D eigenvalue weighted by Crippen LogP contribution is 2.02. The molecule has 3 heteroatoms. The van der Waals surface area contributed by atoms with E-state index >= 15 is 0 Å². The smallest absolute Gasteiger partial charge is 0.177 e. The molecule has 0 atom stereocenters. The van der Waals surface area contributed by atoms with Crippen LogP contribution in [-0.4, -0.2) is 11.4 Å². The summed E-state index contributed by atoms with van der Waals surface area (Å²) in [7, 11) is 0. The summed E-state index contributed by atoms with van der Waals surface area (Å²) in [6.45, 7) is 0.960. The van der Waals surface area contributed by atoms with Crippen molar-refractivity contribution in [2.45, 2.75) is 19.4 Å². The molecule has 2 rings (SSSR count). The maximum atomic E-state index is 8.50. The molecule has 3 nitrogen and oxygen atoms in total. The second-order valence-electron chi connectivity index (χ2n) is 4.21. The van der Waals surface area contributed by atoms with Crippen molar-refractivity contribution in [2.24, 2.45) is 5.16 Å². The average molecular weight is 241 g/mol. The number of oxime groups is 1. The van der Waals surface area contributed by atoms with Gasteiger partial charge in [0.1, 0.15) is 6.54 Å². The van der Waals surface area contributed by atoms with Crippen LogP contribution in [-0.2, 0) is 13.0 Å². The molecule has 0 amide bonds. The monoisotopic (exact) mass is 241 g/mol. The minimum Gasteiger partial charge on any atom is -0.411 e. The molecule has 0 bridgehead atoms. The lowest BCUT2D eigenvalue weighted by Crippen LogP contribution is -2.33. The summed E-state index contributed by atoms with van der Waals surface area (Å²) < 4.78 is 2.11.